The first-order valence-corrected chi connectivity index (χ1v) is 9.89. The Bertz CT molecular complexity index is 789. The van der Waals surface area contributed by atoms with Gasteiger partial charge in [-0.15, -0.1) is 0 Å². The summed E-state index contributed by atoms with van der Waals surface area (Å²) in [6.07, 6.45) is 4.38. The monoisotopic (exact) mass is 363 g/mol. The van der Waals surface area contributed by atoms with E-state index in [2.05, 4.69) is 68.4 Å². The van der Waals surface area contributed by atoms with E-state index in [1.165, 1.54) is 24.0 Å². The summed E-state index contributed by atoms with van der Waals surface area (Å²) in [6.45, 7) is 7.06. The number of hydrogen-bond acceptors (Lipinski definition) is 3. The van der Waals surface area contributed by atoms with Gasteiger partial charge in [-0.3, -0.25) is 4.99 Å². The largest absolute Gasteiger partial charge is 0.355 e. The van der Waals surface area contributed by atoms with Crippen molar-refractivity contribution in [2.75, 3.05) is 44.7 Å². The number of pyridine rings is 1. The van der Waals surface area contributed by atoms with Crippen molar-refractivity contribution < 1.29 is 0 Å². The summed E-state index contributed by atoms with van der Waals surface area (Å²) in [5, 5.41) is 3.66. The van der Waals surface area contributed by atoms with Gasteiger partial charge in [-0.25, -0.2) is 4.98 Å². The second-order valence-electron chi connectivity index (χ2n) is 7.66. The minimum Gasteiger partial charge on any atom is -0.355 e. The van der Waals surface area contributed by atoms with E-state index in [9.17, 15) is 0 Å². The van der Waals surface area contributed by atoms with Crippen molar-refractivity contribution in [3.05, 3.63) is 59.8 Å². The first-order valence-electron chi connectivity index (χ1n) is 9.89. The Balaban J connectivity index is 1.35. The predicted octanol–water partition coefficient (Wildman–Crippen LogP) is 2.82. The number of nitrogens with zero attached hydrogens (tertiary/aromatic N) is 4. The number of aryl methyl sites for hydroxylation is 1. The van der Waals surface area contributed by atoms with Crippen LogP contribution in [0.2, 0.25) is 0 Å². The Morgan fingerprint density at radius 1 is 1.07 bits per heavy atom. The quantitative estimate of drug-likeness (QED) is 0.670. The van der Waals surface area contributed by atoms with Crippen molar-refractivity contribution in [1.29, 1.82) is 0 Å². The highest BCUT2D eigenvalue weighted by molar-refractivity contribution is 5.80. The highest BCUT2D eigenvalue weighted by Gasteiger charge is 2.45. The number of aliphatic imine (C=N–C) groups is 1. The Kier molecular flexibility index (Phi) is 5.01. The van der Waals surface area contributed by atoms with Crippen LogP contribution in [0, 0.1) is 6.92 Å². The van der Waals surface area contributed by atoms with Crippen LogP contribution in [0.5, 0.6) is 0 Å². The van der Waals surface area contributed by atoms with Gasteiger partial charge in [0.05, 0.1) is 0 Å². The fourth-order valence-corrected chi connectivity index (χ4v) is 4.13. The first kappa shape index (κ1) is 17.8. The maximum absolute atomic E-state index is 4.55. The normalized spacial score (nSPS) is 19.1. The number of piperazine rings is 1. The number of anilines is 1. The maximum Gasteiger partial charge on any atom is 0.193 e. The summed E-state index contributed by atoms with van der Waals surface area (Å²) in [5.41, 5.74) is 3.18. The first-order chi connectivity index (χ1) is 13.2. The third-order valence-corrected chi connectivity index (χ3v) is 5.92. The summed E-state index contributed by atoms with van der Waals surface area (Å²) in [5.74, 6) is 2.09. The molecule has 27 heavy (non-hydrogen) atoms. The fraction of sp³-hybridized carbons (Fsp3) is 0.455. The zero-order valence-electron chi connectivity index (χ0n) is 16.4. The molecule has 2 fully saturated rings. The zero-order valence-corrected chi connectivity index (χ0v) is 16.4. The molecule has 0 radical (unpaired) electrons. The van der Waals surface area contributed by atoms with Crippen LogP contribution in [-0.2, 0) is 5.41 Å². The number of aromatic nitrogens is 1. The third kappa shape index (κ3) is 3.77. The van der Waals surface area contributed by atoms with Crippen LogP contribution < -0.4 is 10.2 Å². The Morgan fingerprint density at radius 3 is 2.44 bits per heavy atom. The molecule has 5 nitrogen and oxygen atoms in total. The summed E-state index contributed by atoms with van der Waals surface area (Å²) < 4.78 is 0. The average molecular weight is 364 g/mol. The standard InChI is InChI=1S/C22H29N5/c1-18-7-3-4-8-19(18)22(10-11-22)17-25-21(23-2)27-15-13-26(14-16-27)20-9-5-6-12-24-20/h3-9,12H,10-11,13-17H2,1-2H3,(H,23,25). The van der Waals surface area contributed by atoms with Crippen LogP contribution in [0.3, 0.4) is 0 Å². The lowest BCUT2D eigenvalue weighted by molar-refractivity contribution is 0.369. The topological polar surface area (TPSA) is 43.8 Å². The molecule has 0 spiro atoms. The van der Waals surface area contributed by atoms with Gasteiger partial charge < -0.3 is 15.1 Å². The minimum absolute atomic E-state index is 0.289. The molecule has 0 amide bonds. The summed E-state index contributed by atoms with van der Waals surface area (Å²) in [6, 6.07) is 14.9. The zero-order chi connectivity index (χ0) is 18.7. The molecule has 2 aliphatic rings. The number of benzene rings is 1. The van der Waals surface area contributed by atoms with Gasteiger partial charge in [-0.2, -0.15) is 0 Å². The van der Waals surface area contributed by atoms with Crippen LogP contribution in [-0.4, -0.2) is 55.6 Å². The van der Waals surface area contributed by atoms with Crippen molar-refractivity contribution in [2.24, 2.45) is 4.99 Å². The number of guanidine groups is 1. The van der Waals surface area contributed by atoms with Gasteiger partial charge in [0.1, 0.15) is 5.82 Å². The van der Waals surface area contributed by atoms with E-state index < -0.39 is 0 Å². The summed E-state index contributed by atoms with van der Waals surface area (Å²) in [4.78, 5) is 13.7. The van der Waals surface area contributed by atoms with Crippen molar-refractivity contribution in [2.45, 2.75) is 25.2 Å². The lowest BCUT2D eigenvalue weighted by Gasteiger charge is -2.37. The van der Waals surface area contributed by atoms with Gasteiger partial charge in [0.25, 0.3) is 0 Å². The second-order valence-corrected chi connectivity index (χ2v) is 7.66. The highest BCUT2D eigenvalue weighted by atomic mass is 15.4. The molecule has 2 aromatic rings. The van der Waals surface area contributed by atoms with Crippen molar-refractivity contribution >= 4 is 11.8 Å². The van der Waals surface area contributed by atoms with Crippen LogP contribution in [0.1, 0.15) is 24.0 Å². The molecule has 4 rings (SSSR count). The van der Waals surface area contributed by atoms with E-state index in [4.69, 9.17) is 0 Å². The number of hydrogen-bond donors (Lipinski definition) is 1. The predicted molar refractivity (Wildman–Crippen MR) is 111 cm³/mol. The van der Waals surface area contributed by atoms with E-state index >= 15 is 0 Å². The van der Waals surface area contributed by atoms with Gasteiger partial charge in [-0.1, -0.05) is 30.3 Å². The molecule has 0 bridgehead atoms. The van der Waals surface area contributed by atoms with Crippen molar-refractivity contribution in [3.8, 4) is 0 Å². The molecular formula is C22H29N5. The molecule has 1 aliphatic carbocycles. The molecule has 1 aliphatic heterocycles. The fourth-order valence-electron chi connectivity index (χ4n) is 4.13. The van der Waals surface area contributed by atoms with Gasteiger partial charge in [0, 0.05) is 51.4 Å². The van der Waals surface area contributed by atoms with E-state index in [0.717, 1.165) is 44.5 Å². The number of nitrogens with one attached hydrogen (secondary N) is 1. The molecule has 142 valence electrons. The minimum atomic E-state index is 0.289. The van der Waals surface area contributed by atoms with Gasteiger partial charge >= 0.3 is 0 Å². The summed E-state index contributed by atoms with van der Waals surface area (Å²) in [7, 11) is 1.89. The molecule has 2 heterocycles. The van der Waals surface area contributed by atoms with E-state index in [-0.39, 0.29) is 5.41 Å². The van der Waals surface area contributed by atoms with Crippen LogP contribution in [0.25, 0.3) is 0 Å². The lowest BCUT2D eigenvalue weighted by atomic mass is 9.92. The summed E-state index contributed by atoms with van der Waals surface area (Å²) >= 11 is 0. The Morgan fingerprint density at radius 2 is 1.81 bits per heavy atom. The van der Waals surface area contributed by atoms with E-state index in [1.54, 1.807) is 0 Å². The molecule has 0 atom stereocenters. The Labute approximate surface area is 162 Å². The molecular weight excluding hydrogens is 334 g/mol. The second kappa shape index (κ2) is 7.59. The third-order valence-electron chi connectivity index (χ3n) is 5.92. The molecule has 0 unspecified atom stereocenters. The number of rotatable bonds is 4. The van der Waals surface area contributed by atoms with Crippen molar-refractivity contribution in [1.82, 2.24) is 15.2 Å². The smallest absolute Gasteiger partial charge is 0.193 e. The molecule has 1 aromatic heterocycles. The van der Waals surface area contributed by atoms with Crippen LogP contribution in [0.15, 0.2) is 53.7 Å². The van der Waals surface area contributed by atoms with Crippen LogP contribution in [0.4, 0.5) is 5.82 Å². The maximum atomic E-state index is 4.55. The molecule has 1 saturated heterocycles. The van der Waals surface area contributed by atoms with E-state index in [1.807, 2.05) is 19.3 Å². The molecule has 5 heteroatoms. The van der Waals surface area contributed by atoms with Crippen LogP contribution >= 0.6 is 0 Å². The molecule has 1 saturated carbocycles. The molecule has 1 N–H and O–H groups in total. The Hall–Kier alpha value is -2.56. The SMILES string of the molecule is CN=C(NCC1(c2ccccc2C)CC1)N1CCN(c2ccccn2)CC1. The van der Waals surface area contributed by atoms with Gasteiger partial charge in [0.15, 0.2) is 5.96 Å². The molecule has 1 aromatic carbocycles. The van der Waals surface area contributed by atoms with Crippen molar-refractivity contribution in [3.63, 3.8) is 0 Å². The lowest BCUT2D eigenvalue weighted by Crippen LogP contribution is -2.53. The average Bonchev–Trinajstić information content (AvgIpc) is 3.51. The van der Waals surface area contributed by atoms with E-state index in [0.29, 0.717) is 0 Å². The van der Waals surface area contributed by atoms with Gasteiger partial charge in [-0.05, 0) is 43.0 Å². The highest BCUT2D eigenvalue weighted by Crippen LogP contribution is 2.48. The van der Waals surface area contributed by atoms with Gasteiger partial charge in [0.2, 0.25) is 0 Å².